The molecule has 0 aromatic heterocycles. The summed E-state index contributed by atoms with van der Waals surface area (Å²) in [6.45, 7) is 2.81. The SMILES string of the molecule is C=CC(=O)OCC(NN(C)C=O)C(=O)c1cc(F)c(Cl)cc1Cl. The molecule has 0 heterocycles. The van der Waals surface area contributed by atoms with Crippen molar-refractivity contribution in [3.05, 3.63) is 46.2 Å². The van der Waals surface area contributed by atoms with E-state index in [4.69, 9.17) is 27.9 Å². The quantitative estimate of drug-likeness (QED) is 0.191. The van der Waals surface area contributed by atoms with Crippen LogP contribution in [-0.2, 0) is 14.3 Å². The molecule has 9 heteroatoms. The number of rotatable bonds is 8. The van der Waals surface area contributed by atoms with Crippen LogP contribution in [0.25, 0.3) is 0 Å². The Morgan fingerprint density at radius 2 is 2.09 bits per heavy atom. The molecule has 23 heavy (non-hydrogen) atoms. The number of carbonyl (C=O) groups is 3. The van der Waals surface area contributed by atoms with Crippen molar-refractivity contribution in [1.29, 1.82) is 0 Å². The topological polar surface area (TPSA) is 75.7 Å². The van der Waals surface area contributed by atoms with Crippen molar-refractivity contribution in [2.45, 2.75) is 6.04 Å². The number of hydrazine groups is 1. The van der Waals surface area contributed by atoms with Crippen LogP contribution >= 0.6 is 23.2 Å². The number of Topliss-reactive ketones (excluding diaryl/α,β-unsaturated/α-hetero) is 1. The maximum atomic E-state index is 13.6. The van der Waals surface area contributed by atoms with Gasteiger partial charge in [0, 0.05) is 18.7 Å². The van der Waals surface area contributed by atoms with Crippen molar-refractivity contribution in [2.75, 3.05) is 13.7 Å². The van der Waals surface area contributed by atoms with Crippen LogP contribution in [-0.4, -0.2) is 42.9 Å². The average Bonchev–Trinajstić information content (AvgIpc) is 2.53. The molecule has 0 radical (unpaired) electrons. The highest BCUT2D eigenvalue weighted by molar-refractivity contribution is 6.37. The Morgan fingerprint density at radius 1 is 1.43 bits per heavy atom. The summed E-state index contributed by atoms with van der Waals surface area (Å²) in [6.07, 6.45) is 1.32. The average molecular weight is 363 g/mol. The Kier molecular flexibility index (Phi) is 7.15. The number of benzene rings is 1. The molecule has 0 saturated carbocycles. The molecule has 0 fully saturated rings. The van der Waals surface area contributed by atoms with Gasteiger partial charge in [0.25, 0.3) is 0 Å². The number of ketones is 1. The van der Waals surface area contributed by atoms with Gasteiger partial charge >= 0.3 is 5.97 Å². The van der Waals surface area contributed by atoms with Gasteiger partial charge in [-0.05, 0) is 12.1 Å². The summed E-state index contributed by atoms with van der Waals surface area (Å²) in [5.74, 6) is -2.27. The molecule has 1 aromatic carbocycles. The van der Waals surface area contributed by atoms with Crippen LogP contribution < -0.4 is 5.43 Å². The summed E-state index contributed by atoms with van der Waals surface area (Å²) in [4.78, 5) is 34.3. The lowest BCUT2D eigenvalue weighted by Crippen LogP contribution is -2.48. The number of amides is 1. The van der Waals surface area contributed by atoms with Gasteiger partial charge in [0.2, 0.25) is 6.41 Å². The Labute approximate surface area is 141 Å². The van der Waals surface area contributed by atoms with Gasteiger partial charge in [0.15, 0.2) is 5.78 Å². The van der Waals surface area contributed by atoms with Crippen LogP contribution in [0.4, 0.5) is 4.39 Å². The predicted octanol–water partition coefficient (Wildman–Crippen LogP) is 2.01. The molecule has 0 saturated heterocycles. The van der Waals surface area contributed by atoms with Crippen molar-refractivity contribution in [3.63, 3.8) is 0 Å². The first kappa shape index (κ1) is 19.1. The lowest BCUT2D eigenvalue weighted by atomic mass is 10.0. The Balaban J connectivity index is 3.06. The number of hydrogen-bond acceptors (Lipinski definition) is 5. The fourth-order valence-corrected chi connectivity index (χ4v) is 2.05. The summed E-state index contributed by atoms with van der Waals surface area (Å²) in [6, 6.07) is 0.798. The molecular weight excluding hydrogens is 350 g/mol. The number of nitrogens with one attached hydrogen (secondary N) is 1. The van der Waals surface area contributed by atoms with Gasteiger partial charge in [-0.15, -0.1) is 0 Å². The van der Waals surface area contributed by atoms with Crippen LogP contribution in [0, 0.1) is 5.82 Å². The highest BCUT2D eigenvalue weighted by Gasteiger charge is 2.25. The zero-order chi connectivity index (χ0) is 17.6. The monoisotopic (exact) mass is 362 g/mol. The van der Waals surface area contributed by atoms with Crippen LogP contribution in [0.3, 0.4) is 0 Å². The van der Waals surface area contributed by atoms with Gasteiger partial charge in [-0.1, -0.05) is 29.8 Å². The molecule has 1 atom stereocenters. The van der Waals surface area contributed by atoms with E-state index in [0.717, 1.165) is 23.2 Å². The molecule has 0 aliphatic heterocycles. The number of ether oxygens (including phenoxy) is 1. The van der Waals surface area contributed by atoms with Gasteiger partial charge < -0.3 is 4.74 Å². The molecule has 1 amide bonds. The maximum absolute atomic E-state index is 13.6. The normalized spacial score (nSPS) is 11.5. The smallest absolute Gasteiger partial charge is 0.330 e. The number of nitrogens with zero attached hydrogens (tertiary/aromatic N) is 1. The fourth-order valence-electron chi connectivity index (χ4n) is 1.57. The molecule has 1 rings (SSSR count). The zero-order valence-corrected chi connectivity index (χ0v) is 13.5. The van der Waals surface area contributed by atoms with Crippen LogP contribution in [0.2, 0.25) is 10.0 Å². The number of esters is 1. The minimum Gasteiger partial charge on any atom is -0.460 e. The number of hydrogen-bond donors (Lipinski definition) is 1. The zero-order valence-electron chi connectivity index (χ0n) is 12.0. The van der Waals surface area contributed by atoms with Gasteiger partial charge in [-0.2, -0.15) is 0 Å². The third-order valence-corrected chi connectivity index (χ3v) is 3.27. The van der Waals surface area contributed by atoms with E-state index in [9.17, 15) is 18.8 Å². The predicted molar refractivity (Wildman–Crippen MR) is 82.7 cm³/mol. The minimum atomic E-state index is -1.16. The standard InChI is InChI=1S/C14H13Cl2FN2O4/c1-3-13(21)23-6-12(18-19(2)7-20)14(22)8-4-11(17)10(16)5-9(8)15/h3-5,7,12,18H,1,6H2,2H3. The Bertz CT molecular complexity index is 639. The second kappa shape index (κ2) is 8.61. The Hall–Kier alpha value is -1.96. The van der Waals surface area contributed by atoms with E-state index >= 15 is 0 Å². The summed E-state index contributed by atoms with van der Waals surface area (Å²) in [7, 11) is 1.34. The van der Waals surface area contributed by atoms with Crippen LogP contribution in [0.5, 0.6) is 0 Å². The minimum absolute atomic E-state index is 0.0722. The van der Waals surface area contributed by atoms with Gasteiger partial charge in [-0.25, -0.2) is 14.6 Å². The second-order valence-corrected chi connectivity index (χ2v) is 5.16. The lowest BCUT2D eigenvalue weighted by molar-refractivity contribution is -0.138. The molecule has 0 bridgehead atoms. The van der Waals surface area contributed by atoms with Gasteiger partial charge in [0.05, 0.1) is 10.0 Å². The van der Waals surface area contributed by atoms with Crippen LogP contribution in [0.1, 0.15) is 10.4 Å². The van der Waals surface area contributed by atoms with Crippen molar-refractivity contribution in [3.8, 4) is 0 Å². The Morgan fingerprint density at radius 3 is 2.65 bits per heavy atom. The molecule has 6 nitrogen and oxygen atoms in total. The molecule has 0 spiro atoms. The molecule has 1 aromatic rings. The first-order valence-electron chi connectivity index (χ1n) is 6.22. The summed E-state index contributed by atoms with van der Waals surface area (Å²) < 4.78 is 18.3. The number of halogens is 3. The first-order valence-corrected chi connectivity index (χ1v) is 6.98. The van der Waals surface area contributed by atoms with E-state index < -0.39 is 30.2 Å². The van der Waals surface area contributed by atoms with Gasteiger partial charge in [-0.3, -0.25) is 14.6 Å². The number of carbonyl (C=O) groups excluding carboxylic acids is 3. The van der Waals surface area contributed by atoms with E-state index in [-0.39, 0.29) is 15.6 Å². The molecule has 124 valence electrons. The van der Waals surface area contributed by atoms with Crippen molar-refractivity contribution in [2.24, 2.45) is 0 Å². The van der Waals surface area contributed by atoms with E-state index in [0.29, 0.717) is 6.41 Å². The third-order valence-electron chi connectivity index (χ3n) is 2.67. The third kappa shape index (κ3) is 5.31. The molecular formula is C14H13Cl2FN2O4. The van der Waals surface area contributed by atoms with Crippen LogP contribution in [0.15, 0.2) is 24.8 Å². The first-order chi connectivity index (χ1) is 10.8. The molecule has 1 N–H and O–H groups in total. The lowest BCUT2D eigenvalue weighted by Gasteiger charge is -2.22. The summed E-state index contributed by atoms with van der Waals surface area (Å²) >= 11 is 11.5. The molecule has 0 aliphatic rings. The van der Waals surface area contributed by atoms with Crippen molar-refractivity contribution >= 4 is 41.4 Å². The summed E-state index contributed by atoms with van der Waals surface area (Å²) in [5, 5.41) is 0.640. The van der Waals surface area contributed by atoms with Crippen molar-refractivity contribution in [1.82, 2.24) is 10.4 Å². The van der Waals surface area contributed by atoms with E-state index in [1.807, 2.05) is 0 Å². The van der Waals surface area contributed by atoms with Gasteiger partial charge in [0.1, 0.15) is 18.5 Å². The van der Waals surface area contributed by atoms with E-state index in [2.05, 4.69) is 12.0 Å². The van der Waals surface area contributed by atoms with E-state index in [1.54, 1.807) is 0 Å². The largest absolute Gasteiger partial charge is 0.460 e. The highest BCUT2D eigenvalue weighted by Crippen LogP contribution is 2.25. The summed E-state index contributed by atoms with van der Waals surface area (Å²) in [5.41, 5.74) is 2.33. The fraction of sp³-hybridized carbons (Fsp3) is 0.214. The molecule has 0 aliphatic carbocycles. The second-order valence-electron chi connectivity index (χ2n) is 4.34. The highest BCUT2D eigenvalue weighted by atomic mass is 35.5. The molecule has 1 unspecified atom stereocenters. The van der Waals surface area contributed by atoms with E-state index in [1.165, 1.54) is 7.05 Å². The van der Waals surface area contributed by atoms with Crippen molar-refractivity contribution < 1.29 is 23.5 Å². The maximum Gasteiger partial charge on any atom is 0.330 e.